The van der Waals surface area contributed by atoms with E-state index >= 15 is 0 Å². The number of unbranched alkanes of at least 4 members (excludes halogenated alkanes) is 7. The summed E-state index contributed by atoms with van der Waals surface area (Å²) >= 11 is 0. The number of quaternary nitrogens is 1. The molecule has 0 aliphatic carbocycles. The van der Waals surface area contributed by atoms with Crippen molar-refractivity contribution in [2.75, 3.05) is 47.5 Å². The number of phosphoric ester groups is 1. The molecule has 3 atom stereocenters. The normalized spacial score (nSPS) is 15.0. The Morgan fingerprint density at radius 3 is 1.65 bits per heavy atom. The van der Waals surface area contributed by atoms with Gasteiger partial charge in [-0.05, 0) is 83.5 Å². The van der Waals surface area contributed by atoms with E-state index in [0.717, 1.165) is 70.6 Å². The van der Waals surface area contributed by atoms with E-state index in [2.05, 4.69) is 74.6 Å². The molecule has 57 heavy (non-hydrogen) atoms. The quantitative estimate of drug-likeness (QED) is 0.0207. The largest absolute Gasteiger partial charge is 0.472 e. The van der Waals surface area contributed by atoms with Crippen molar-refractivity contribution in [2.24, 2.45) is 0 Å². The van der Waals surface area contributed by atoms with Gasteiger partial charge >= 0.3 is 19.8 Å². The fourth-order valence-corrected chi connectivity index (χ4v) is 5.77. The topological polar surface area (TPSA) is 129 Å². The van der Waals surface area contributed by atoms with Crippen LogP contribution in [0.1, 0.15) is 136 Å². The maximum Gasteiger partial charge on any atom is 0.472 e. The van der Waals surface area contributed by atoms with Crippen LogP contribution >= 0.6 is 7.82 Å². The standard InChI is InChI=1S/C46H78NO9P/c1-6-8-10-11-12-13-14-15-16-17-21-24-27-30-33-37-45(49)53-41-44(42-55-57(51,52)54-40-39-47(3,4)5)56-46(50)38-34-31-28-25-22-19-18-20-23-26-29-32-36-43(48)35-9-7-2/h12-13,15-16,18-19,21,23-26,28,32,36,43-44,48H,6-11,14,17,20,22,27,29-31,33-35,37-42H2,1-5H3/p+1/b13-12-,16-15-,19-18-,24-21-,26-23-,28-25-,36-32-/t43-,44-/m1/s1. The number of carbonyl (C=O) groups is 2. The summed E-state index contributed by atoms with van der Waals surface area (Å²) in [4.78, 5) is 35.3. The van der Waals surface area contributed by atoms with Crippen LogP contribution in [0.2, 0.25) is 0 Å². The van der Waals surface area contributed by atoms with Crippen LogP contribution in [0, 0.1) is 0 Å². The lowest BCUT2D eigenvalue weighted by Gasteiger charge is -2.24. The molecule has 0 spiro atoms. The van der Waals surface area contributed by atoms with E-state index in [0.29, 0.717) is 30.3 Å². The maximum absolute atomic E-state index is 12.7. The Morgan fingerprint density at radius 1 is 0.614 bits per heavy atom. The Hall–Kier alpha value is -2.85. The number of phosphoric acid groups is 1. The lowest BCUT2D eigenvalue weighted by atomic mass is 10.1. The number of hydrogen-bond acceptors (Lipinski definition) is 8. The Bertz CT molecular complexity index is 1260. The van der Waals surface area contributed by atoms with E-state index in [1.165, 1.54) is 19.3 Å². The van der Waals surface area contributed by atoms with Crippen LogP contribution in [-0.2, 0) is 32.7 Å². The number of carbonyl (C=O) groups excluding carboxylic acids is 2. The summed E-state index contributed by atoms with van der Waals surface area (Å²) in [6.07, 6.45) is 44.1. The average molecular weight is 821 g/mol. The fraction of sp³-hybridized carbons (Fsp3) is 0.652. The van der Waals surface area contributed by atoms with Gasteiger partial charge in [-0.25, -0.2) is 4.57 Å². The number of allylic oxidation sites excluding steroid dienone is 13. The van der Waals surface area contributed by atoms with Crippen LogP contribution < -0.4 is 0 Å². The molecule has 0 aromatic rings. The summed E-state index contributed by atoms with van der Waals surface area (Å²) < 4.78 is 34.1. The van der Waals surface area contributed by atoms with Crippen LogP contribution in [-0.4, -0.2) is 86.1 Å². The molecule has 0 bridgehead atoms. The molecule has 0 saturated heterocycles. The second-order valence-corrected chi connectivity index (χ2v) is 16.6. The molecule has 1 unspecified atom stereocenters. The van der Waals surface area contributed by atoms with Gasteiger partial charge in [-0.3, -0.25) is 18.6 Å². The van der Waals surface area contributed by atoms with E-state index in [1.807, 2.05) is 45.4 Å². The van der Waals surface area contributed by atoms with E-state index in [9.17, 15) is 24.2 Å². The third-order valence-electron chi connectivity index (χ3n) is 8.47. The van der Waals surface area contributed by atoms with Crippen molar-refractivity contribution in [2.45, 2.75) is 148 Å². The minimum atomic E-state index is -4.41. The smallest absolute Gasteiger partial charge is 0.462 e. The average Bonchev–Trinajstić information content (AvgIpc) is 3.16. The van der Waals surface area contributed by atoms with E-state index < -0.39 is 32.5 Å². The van der Waals surface area contributed by atoms with Crippen LogP contribution in [0.25, 0.3) is 0 Å². The Labute approximate surface area is 346 Å². The highest BCUT2D eigenvalue weighted by Gasteiger charge is 2.27. The van der Waals surface area contributed by atoms with Gasteiger partial charge in [0.15, 0.2) is 6.10 Å². The Balaban J connectivity index is 4.60. The zero-order chi connectivity index (χ0) is 42.3. The lowest BCUT2D eigenvalue weighted by molar-refractivity contribution is -0.870. The summed E-state index contributed by atoms with van der Waals surface area (Å²) in [5.41, 5.74) is 0. The number of nitrogens with zero attached hydrogens (tertiary/aromatic N) is 1. The number of esters is 2. The zero-order valence-corrected chi connectivity index (χ0v) is 37.0. The maximum atomic E-state index is 12.7. The van der Waals surface area contributed by atoms with Gasteiger partial charge in [0.2, 0.25) is 0 Å². The predicted octanol–water partition coefficient (Wildman–Crippen LogP) is 11.0. The monoisotopic (exact) mass is 821 g/mol. The predicted molar refractivity (Wildman–Crippen MR) is 235 cm³/mol. The van der Waals surface area contributed by atoms with Gasteiger partial charge in [-0.2, -0.15) is 0 Å². The van der Waals surface area contributed by atoms with Gasteiger partial charge < -0.3 is 24.0 Å². The van der Waals surface area contributed by atoms with Crippen molar-refractivity contribution in [1.82, 2.24) is 0 Å². The Morgan fingerprint density at radius 2 is 1.11 bits per heavy atom. The molecule has 10 nitrogen and oxygen atoms in total. The molecule has 11 heteroatoms. The molecule has 0 aliphatic rings. The van der Waals surface area contributed by atoms with E-state index in [-0.39, 0.29) is 32.2 Å². The van der Waals surface area contributed by atoms with Crippen molar-refractivity contribution in [3.63, 3.8) is 0 Å². The molecule has 326 valence electrons. The molecule has 0 saturated carbocycles. The Kier molecular flexibility index (Phi) is 35.6. The molecule has 0 fully saturated rings. The molecule has 0 aromatic heterocycles. The van der Waals surface area contributed by atoms with Crippen molar-refractivity contribution in [1.29, 1.82) is 0 Å². The first kappa shape index (κ1) is 54.2. The number of hydrogen-bond donors (Lipinski definition) is 2. The first-order valence-corrected chi connectivity index (χ1v) is 22.9. The number of aliphatic hydroxyl groups excluding tert-OH is 1. The zero-order valence-electron chi connectivity index (χ0n) is 36.1. The van der Waals surface area contributed by atoms with Crippen LogP contribution in [0.15, 0.2) is 85.1 Å². The van der Waals surface area contributed by atoms with Crippen LogP contribution in [0.4, 0.5) is 0 Å². The molecule has 0 amide bonds. The van der Waals surface area contributed by atoms with Gasteiger partial charge in [-0.1, -0.05) is 125 Å². The molecular formula is C46H79NO9P+. The first-order valence-electron chi connectivity index (χ1n) is 21.4. The van der Waals surface area contributed by atoms with Crippen molar-refractivity contribution >= 4 is 19.8 Å². The minimum Gasteiger partial charge on any atom is -0.462 e. The fourth-order valence-electron chi connectivity index (χ4n) is 5.03. The van der Waals surface area contributed by atoms with Gasteiger partial charge in [0.1, 0.15) is 19.8 Å². The highest BCUT2D eigenvalue weighted by Crippen LogP contribution is 2.43. The highest BCUT2D eigenvalue weighted by molar-refractivity contribution is 7.47. The van der Waals surface area contributed by atoms with Gasteiger partial charge in [-0.15, -0.1) is 0 Å². The third-order valence-corrected chi connectivity index (χ3v) is 9.45. The van der Waals surface area contributed by atoms with E-state index in [4.69, 9.17) is 18.5 Å². The second kappa shape index (κ2) is 37.4. The summed E-state index contributed by atoms with van der Waals surface area (Å²) in [6, 6.07) is 0. The van der Waals surface area contributed by atoms with Crippen molar-refractivity contribution < 1.29 is 47.2 Å². The van der Waals surface area contributed by atoms with Crippen LogP contribution in [0.3, 0.4) is 0 Å². The van der Waals surface area contributed by atoms with Gasteiger partial charge in [0, 0.05) is 12.8 Å². The SMILES string of the molecule is CCCCC/C=C\C/C=C\C/C=C\CCCCC(=O)OC[C@H](COP(=O)(O)OCC[N+](C)(C)C)OC(=O)CCC/C=C\C/C=C\C/C=C\C/C=C\[C@H](O)CCCC. The molecule has 0 aliphatic heterocycles. The summed E-state index contributed by atoms with van der Waals surface area (Å²) in [5.74, 6) is -0.942. The minimum absolute atomic E-state index is 0.00336. The molecule has 0 aromatic carbocycles. The summed E-state index contributed by atoms with van der Waals surface area (Å²) in [6.45, 7) is 4.08. The molecule has 0 rings (SSSR count). The van der Waals surface area contributed by atoms with Gasteiger partial charge in [0.05, 0.1) is 33.9 Å². The van der Waals surface area contributed by atoms with Crippen molar-refractivity contribution in [3.05, 3.63) is 85.1 Å². The van der Waals surface area contributed by atoms with Crippen molar-refractivity contribution in [3.8, 4) is 0 Å². The van der Waals surface area contributed by atoms with Crippen LogP contribution in [0.5, 0.6) is 0 Å². The first-order chi connectivity index (χ1) is 27.4. The number of ether oxygens (including phenoxy) is 2. The second-order valence-electron chi connectivity index (χ2n) is 15.2. The number of likely N-dealkylation sites (N-methyl/N-ethyl adjacent to an activating group) is 1. The third kappa shape index (κ3) is 41.1. The summed E-state index contributed by atoms with van der Waals surface area (Å²) in [5, 5.41) is 9.82. The van der Waals surface area contributed by atoms with E-state index in [1.54, 1.807) is 0 Å². The lowest BCUT2D eigenvalue weighted by Crippen LogP contribution is -2.37. The number of rotatable bonds is 37. The highest BCUT2D eigenvalue weighted by atomic mass is 31.2. The molecule has 0 radical (unpaired) electrons. The molecular weight excluding hydrogens is 741 g/mol. The number of aliphatic hydroxyl groups is 1. The molecule has 0 heterocycles. The summed E-state index contributed by atoms with van der Waals surface area (Å²) in [7, 11) is 1.38. The van der Waals surface area contributed by atoms with Gasteiger partial charge in [0.25, 0.3) is 0 Å². The molecule has 2 N–H and O–H groups in total.